The molecule has 1 saturated heterocycles. The highest BCUT2D eigenvalue weighted by molar-refractivity contribution is 7.91. The highest BCUT2D eigenvalue weighted by Gasteiger charge is 2.35. The molecule has 1 unspecified atom stereocenters. The molecule has 1 aromatic heterocycles. The van der Waals surface area contributed by atoms with E-state index in [1.807, 2.05) is 0 Å². The first kappa shape index (κ1) is 28.7. The molecule has 2 aromatic carbocycles. The molecule has 1 aliphatic rings. The average Bonchev–Trinajstić information content (AvgIpc) is 3.11. The Morgan fingerprint density at radius 3 is 2.36 bits per heavy atom. The number of aliphatic hydroxyl groups is 1. The molecular formula is C26H30F3N3O6S. The van der Waals surface area contributed by atoms with Crippen LogP contribution in [-0.2, 0) is 9.84 Å². The first-order valence-electron chi connectivity index (χ1n) is 12.3. The minimum atomic E-state index is -3.16. The molecule has 1 amide bonds. The van der Waals surface area contributed by atoms with Crippen molar-refractivity contribution >= 4 is 26.8 Å². The monoisotopic (exact) mass is 569 g/mol. The van der Waals surface area contributed by atoms with Crippen LogP contribution < -0.4 is 15.7 Å². The fourth-order valence-electron chi connectivity index (χ4n) is 4.58. The molecule has 0 saturated carbocycles. The van der Waals surface area contributed by atoms with Crippen LogP contribution >= 0.6 is 0 Å². The van der Waals surface area contributed by atoms with E-state index in [9.17, 15) is 36.3 Å². The Kier molecular flexibility index (Phi) is 7.36. The van der Waals surface area contributed by atoms with Gasteiger partial charge in [-0.1, -0.05) is 0 Å². The van der Waals surface area contributed by atoms with E-state index in [-0.39, 0.29) is 52.4 Å². The van der Waals surface area contributed by atoms with Crippen LogP contribution in [0.25, 0.3) is 16.7 Å². The van der Waals surface area contributed by atoms with Crippen molar-refractivity contribution in [3.8, 4) is 11.4 Å². The van der Waals surface area contributed by atoms with Crippen LogP contribution in [0, 0.1) is 5.82 Å². The van der Waals surface area contributed by atoms with Crippen molar-refractivity contribution in [2.24, 2.45) is 0 Å². The number of alkyl halides is 2. The van der Waals surface area contributed by atoms with Crippen molar-refractivity contribution in [3.63, 3.8) is 0 Å². The quantitative estimate of drug-likeness (QED) is 0.449. The predicted molar refractivity (Wildman–Crippen MR) is 139 cm³/mol. The molecular weight excluding hydrogens is 539 g/mol. The van der Waals surface area contributed by atoms with Crippen LogP contribution in [0.3, 0.4) is 0 Å². The molecule has 13 heteroatoms. The Bertz CT molecular complexity index is 1580. The van der Waals surface area contributed by atoms with Gasteiger partial charge in [0, 0.05) is 17.2 Å². The van der Waals surface area contributed by atoms with E-state index in [4.69, 9.17) is 0 Å². The lowest BCUT2D eigenvalue weighted by Crippen LogP contribution is -2.50. The van der Waals surface area contributed by atoms with Gasteiger partial charge in [0.05, 0.1) is 39.9 Å². The zero-order valence-corrected chi connectivity index (χ0v) is 22.7. The van der Waals surface area contributed by atoms with Gasteiger partial charge in [0.1, 0.15) is 21.4 Å². The minimum Gasteiger partial charge on any atom is -0.435 e. The number of rotatable bonds is 7. The van der Waals surface area contributed by atoms with Gasteiger partial charge in [0.25, 0.3) is 5.91 Å². The molecule has 1 fully saturated rings. The summed E-state index contributed by atoms with van der Waals surface area (Å²) in [6, 6.07) is 6.30. The third-order valence-corrected chi connectivity index (χ3v) is 8.93. The minimum absolute atomic E-state index is 0.0474. The number of sulfone groups is 1. The number of carbonyl (C=O) groups excluding carboxylic acids is 1. The zero-order chi connectivity index (χ0) is 28.9. The number of halogens is 3. The zero-order valence-electron chi connectivity index (χ0n) is 21.9. The normalized spacial score (nSPS) is 17.8. The Morgan fingerprint density at radius 1 is 1.13 bits per heavy atom. The van der Waals surface area contributed by atoms with Gasteiger partial charge in [-0.3, -0.25) is 13.9 Å². The molecule has 3 aromatic rings. The lowest BCUT2D eigenvalue weighted by molar-refractivity contribution is -0.0498. The van der Waals surface area contributed by atoms with Gasteiger partial charge in [-0.2, -0.15) is 8.78 Å². The van der Waals surface area contributed by atoms with E-state index in [2.05, 4.69) is 10.1 Å². The van der Waals surface area contributed by atoms with E-state index in [0.29, 0.717) is 0 Å². The van der Waals surface area contributed by atoms with Crippen LogP contribution in [0.1, 0.15) is 56.9 Å². The summed E-state index contributed by atoms with van der Waals surface area (Å²) in [5, 5.41) is 13.6. The second kappa shape index (κ2) is 10.0. The average molecular weight is 570 g/mol. The fourth-order valence-corrected chi connectivity index (χ4v) is 6.31. The standard InChI is InChI=1S/C26H30F3N3O6S/c1-15(25(2,3)35)31-21-13-16(22(33)30-26(4)9-11-39(36,37)12-10-26)5-8-19(21)32(24(31)34)20-14-17(38-23(28)29)6-7-18(20)27/h5-8,13-15,23,35H,9-12H2,1-4H3,(H,30,33). The third-order valence-electron chi connectivity index (χ3n) is 7.27. The fraction of sp³-hybridized carbons (Fsp3) is 0.462. The summed E-state index contributed by atoms with van der Waals surface area (Å²) >= 11 is 0. The van der Waals surface area contributed by atoms with Gasteiger partial charge in [-0.15, -0.1) is 0 Å². The van der Waals surface area contributed by atoms with Gasteiger partial charge < -0.3 is 15.2 Å². The first-order valence-corrected chi connectivity index (χ1v) is 14.1. The van der Waals surface area contributed by atoms with Crippen LogP contribution in [0.4, 0.5) is 13.2 Å². The number of imidazole rings is 1. The summed E-state index contributed by atoms with van der Waals surface area (Å²) in [7, 11) is -3.15. The summed E-state index contributed by atoms with van der Waals surface area (Å²) in [5.74, 6) is -1.83. The van der Waals surface area contributed by atoms with E-state index in [1.54, 1.807) is 13.8 Å². The van der Waals surface area contributed by atoms with Crippen LogP contribution in [-0.4, -0.2) is 57.8 Å². The maximum Gasteiger partial charge on any atom is 0.387 e. The van der Waals surface area contributed by atoms with E-state index < -0.39 is 51.0 Å². The van der Waals surface area contributed by atoms with Gasteiger partial charge in [-0.25, -0.2) is 17.6 Å². The van der Waals surface area contributed by atoms with Crippen LogP contribution in [0.15, 0.2) is 41.2 Å². The number of carbonyl (C=O) groups is 1. The Labute approximate surface area is 223 Å². The highest BCUT2D eigenvalue weighted by Crippen LogP contribution is 2.30. The molecule has 0 aliphatic carbocycles. The van der Waals surface area contributed by atoms with E-state index >= 15 is 0 Å². The number of benzene rings is 2. The summed E-state index contributed by atoms with van der Waals surface area (Å²) in [6.45, 7) is 3.15. The van der Waals surface area contributed by atoms with Gasteiger partial charge in [-0.05, 0) is 70.9 Å². The van der Waals surface area contributed by atoms with Crippen molar-refractivity contribution in [1.82, 2.24) is 14.5 Å². The SMILES string of the molecule is CC(n1c(=O)n(-c2cc(OC(F)F)ccc2F)c2ccc(C(=O)NC3(C)CCS(=O)(=O)CC3)cc21)C(C)(C)O. The van der Waals surface area contributed by atoms with Gasteiger partial charge in [0.15, 0.2) is 0 Å². The molecule has 212 valence electrons. The maximum atomic E-state index is 14.9. The first-order chi connectivity index (χ1) is 18.0. The van der Waals surface area contributed by atoms with Crippen molar-refractivity contribution in [1.29, 1.82) is 0 Å². The number of hydrogen-bond donors (Lipinski definition) is 2. The number of fused-ring (bicyclic) bond motifs is 1. The Morgan fingerprint density at radius 2 is 1.77 bits per heavy atom. The third kappa shape index (κ3) is 5.83. The van der Waals surface area contributed by atoms with Gasteiger partial charge in [0.2, 0.25) is 0 Å². The van der Waals surface area contributed by atoms with E-state index in [1.165, 1.54) is 36.6 Å². The van der Waals surface area contributed by atoms with Crippen molar-refractivity contribution in [2.45, 2.75) is 64.3 Å². The summed E-state index contributed by atoms with van der Waals surface area (Å²) in [6.07, 6.45) is 0.493. The summed E-state index contributed by atoms with van der Waals surface area (Å²) in [4.78, 5) is 26.9. The number of nitrogens with zero attached hydrogens (tertiary/aromatic N) is 2. The smallest absolute Gasteiger partial charge is 0.387 e. The van der Waals surface area contributed by atoms with Crippen LogP contribution in [0.5, 0.6) is 5.75 Å². The Balaban J connectivity index is 1.85. The number of aromatic nitrogens is 2. The molecule has 39 heavy (non-hydrogen) atoms. The molecule has 0 bridgehead atoms. The summed E-state index contributed by atoms with van der Waals surface area (Å²) < 4.78 is 70.8. The highest BCUT2D eigenvalue weighted by atomic mass is 32.2. The van der Waals surface area contributed by atoms with Crippen molar-refractivity contribution < 1.29 is 36.2 Å². The molecule has 1 aliphatic heterocycles. The molecule has 0 spiro atoms. The largest absolute Gasteiger partial charge is 0.435 e. The molecule has 0 radical (unpaired) electrons. The molecule has 9 nitrogen and oxygen atoms in total. The number of hydrogen-bond acceptors (Lipinski definition) is 6. The van der Waals surface area contributed by atoms with Crippen molar-refractivity contribution in [2.75, 3.05) is 11.5 Å². The lowest BCUT2D eigenvalue weighted by Gasteiger charge is -2.34. The van der Waals surface area contributed by atoms with Gasteiger partial charge >= 0.3 is 12.3 Å². The van der Waals surface area contributed by atoms with Crippen LogP contribution in [0.2, 0.25) is 0 Å². The van der Waals surface area contributed by atoms with E-state index in [0.717, 1.165) is 22.8 Å². The number of nitrogens with one attached hydrogen (secondary N) is 1. The molecule has 1 atom stereocenters. The van der Waals surface area contributed by atoms with Crippen molar-refractivity contribution in [3.05, 3.63) is 58.3 Å². The summed E-state index contributed by atoms with van der Waals surface area (Å²) in [5.41, 5.74) is -2.78. The second-order valence-electron chi connectivity index (χ2n) is 10.7. The maximum absolute atomic E-state index is 14.9. The molecule has 2 N–H and O–H groups in total. The predicted octanol–water partition coefficient (Wildman–Crippen LogP) is 3.56. The number of ether oxygens (including phenoxy) is 1. The Hall–Kier alpha value is -3.32. The topological polar surface area (TPSA) is 120 Å². The number of amides is 1. The molecule has 4 rings (SSSR count). The molecule has 2 heterocycles. The second-order valence-corrected chi connectivity index (χ2v) is 13.0. The lowest BCUT2D eigenvalue weighted by atomic mass is 9.94.